The van der Waals surface area contributed by atoms with Gasteiger partial charge in [0.2, 0.25) is 0 Å². The van der Waals surface area contributed by atoms with Crippen LogP contribution in [0.25, 0.3) is 0 Å². The summed E-state index contributed by atoms with van der Waals surface area (Å²) in [4.78, 5) is 35.3. The van der Waals surface area contributed by atoms with Crippen molar-refractivity contribution in [3.63, 3.8) is 0 Å². The van der Waals surface area contributed by atoms with E-state index in [0.29, 0.717) is 6.54 Å². The Morgan fingerprint density at radius 3 is 2.25 bits per heavy atom. The third kappa shape index (κ3) is 4.71. The van der Waals surface area contributed by atoms with Gasteiger partial charge in [-0.3, -0.25) is 4.79 Å². The minimum atomic E-state index is -1.39. The Balaban J connectivity index is 2.64. The number of hydrogen-bond acceptors (Lipinski definition) is 3. The molecule has 114 valence electrons. The average molecular weight is 286 g/mol. The zero-order chi connectivity index (χ0) is 15.1. The minimum Gasteiger partial charge on any atom is -0.481 e. The summed E-state index contributed by atoms with van der Waals surface area (Å²) in [5, 5.41) is 19.9. The van der Waals surface area contributed by atoms with E-state index in [2.05, 4.69) is 5.32 Å². The van der Waals surface area contributed by atoms with Gasteiger partial charge in [-0.05, 0) is 19.8 Å². The maximum Gasteiger partial charge on any atom is 0.326 e. The number of carbonyl (C=O) groups excluding carboxylic acids is 1. The van der Waals surface area contributed by atoms with Gasteiger partial charge in [0, 0.05) is 12.6 Å². The number of carbonyl (C=O) groups is 3. The summed E-state index contributed by atoms with van der Waals surface area (Å²) in [7, 11) is 0. The van der Waals surface area contributed by atoms with Gasteiger partial charge in [-0.25, -0.2) is 9.59 Å². The van der Waals surface area contributed by atoms with Crippen molar-refractivity contribution in [2.45, 2.75) is 57.5 Å². The standard InChI is InChI=1S/C13H22N2O5/c1-2-15(9-6-4-3-5-7-9)13(20)14-10(12(18)19)8-11(16)17/h9-10H,2-8H2,1H3,(H,14,20)(H,16,17)(H,18,19)/t10-/m0/s1. The minimum absolute atomic E-state index is 0.119. The van der Waals surface area contributed by atoms with Gasteiger partial charge < -0.3 is 20.4 Å². The van der Waals surface area contributed by atoms with Crippen molar-refractivity contribution in [2.75, 3.05) is 6.54 Å². The van der Waals surface area contributed by atoms with Gasteiger partial charge in [-0.15, -0.1) is 0 Å². The lowest BCUT2D eigenvalue weighted by Crippen LogP contribution is -2.52. The predicted octanol–water partition coefficient (Wildman–Crippen LogP) is 1.28. The molecule has 1 fully saturated rings. The number of hydrogen-bond donors (Lipinski definition) is 3. The van der Waals surface area contributed by atoms with Gasteiger partial charge in [-0.2, -0.15) is 0 Å². The molecule has 0 radical (unpaired) electrons. The van der Waals surface area contributed by atoms with E-state index in [1.807, 2.05) is 6.92 Å². The Labute approximate surface area is 117 Å². The molecule has 3 N–H and O–H groups in total. The maximum absolute atomic E-state index is 12.1. The normalized spacial score (nSPS) is 17.2. The fourth-order valence-electron chi connectivity index (χ4n) is 2.57. The summed E-state index contributed by atoms with van der Waals surface area (Å²) in [5.74, 6) is -2.58. The van der Waals surface area contributed by atoms with Crippen molar-refractivity contribution >= 4 is 18.0 Å². The number of nitrogens with zero attached hydrogens (tertiary/aromatic N) is 1. The maximum atomic E-state index is 12.1. The van der Waals surface area contributed by atoms with Crippen LogP contribution >= 0.6 is 0 Å². The topological polar surface area (TPSA) is 107 Å². The molecule has 1 aliphatic carbocycles. The molecule has 0 aromatic carbocycles. The second-order valence-electron chi connectivity index (χ2n) is 5.02. The highest BCUT2D eigenvalue weighted by atomic mass is 16.4. The van der Waals surface area contributed by atoms with Crippen molar-refractivity contribution in [1.29, 1.82) is 0 Å². The van der Waals surface area contributed by atoms with Gasteiger partial charge >= 0.3 is 18.0 Å². The van der Waals surface area contributed by atoms with Gasteiger partial charge in [0.05, 0.1) is 6.42 Å². The SMILES string of the molecule is CCN(C(=O)N[C@@H](CC(=O)O)C(=O)O)C1CCCCC1. The van der Waals surface area contributed by atoms with Crippen LogP contribution in [0.4, 0.5) is 4.79 Å². The Morgan fingerprint density at radius 1 is 1.20 bits per heavy atom. The number of carboxylic acid groups (broad SMARTS) is 2. The third-order valence-electron chi connectivity index (χ3n) is 3.59. The second-order valence-corrected chi connectivity index (χ2v) is 5.02. The van der Waals surface area contributed by atoms with E-state index in [1.54, 1.807) is 4.90 Å². The lowest BCUT2D eigenvalue weighted by molar-refractivity contribution is -0.145. The van der Waals surface area contributed by atoms with E-state index in [9.17, 15) is 14.4 Å². The number of amides is 2. The van der Waals surface area contributed by atoms with Crippen molar-refractivity contribution in [1.82, 2.24) is 10.2 Å². The van der Waals surface area contributed by atoms with Crippen LogP contribution in [0, 0.1) is 0 Å². The Bertz CT molecular complexity index is 366. The van der Waals surface area contributed by atoms with Gasteiger partial charge in [-0.1, -0.05) is 19.3 Å². The van der Waals surface area contributed by atoms with Gasteiger partial charge in [0.15, 0.2) is 0 Å². The van der Waals surface area contributed by atoms with Crippen LogP contribution in [-0.2, 0) is 9.59 Å². The summed E-state index contributed by atoms with van der Waals surface area (Å²) in [6.45, 7) is 2.32. The van der Waals surface area contributed by atoms with Crippen LogP contribution in [0.5, 0.6) is 0 Å². The van der Waals surface area contributed by atoms with E-state index in [0.717, 1.165) is 32.1 Å². The monoisotopic (exact) mass is 286 g/mol. The fraction of sp³-hybridized carbons (Fsp3) is 0.769. The first-order valence-electron chi connectivity index (χ1n) is 6.97. The van der Waals surface area contributed by atoms with E-state index in [1.165, 1.54) is 0 Å². The molecule has 0 unspecified atom stereocenters. The summed E-state index contributed by atoms with van der Waals surface area (Å²) in [5.41, 5.74) is 0. The van der Waals surface area contributed by atoms with Gasteiger partial charge in [0.1, 0.15) is 6.04 Å². The number of carboxylic acids is 2. The predicted molar refractivity (Wildman–Crippen MR) is 71.5 cm³/mol. The van der Waals surface area contributed by atoms with Crippen LogP contribution in [0.3, 0.4) is 0 Å². The molecule has 0 aromatic rings. The first-order valence-corrected chi connectivity index (χ1v) is 6.97. The molecule has 1 aliphatic rings. The van der Waals surface area contributed by atoms with E-state index < -0.39 is 30.4 Å². The quantitative estimate of drug-likeness (QED) is 0.681. The number of rotatable bonds is 6. The van der Waals surface area contributed by atoms with Crippen LogP contribution in [-0.4, -0.2) is 51.7 Å². The second kappa shape index (κ2) is 7.72. The molecule has 1 rings (SSSR count). The fourth-order valence-corrected chi connectivity index (χ4v) is 2.57. The first-order chi connectivity index (χ1) is 9.45. The Hall–Kier alpha value is -1.79. The molecule has 0 bridgehead atoms. The summed E-state index contributed by atoms with van der Waals surface area (Å²) < 4.78 is 0. The molecule has 1 atom stereocenters. The van der Waals surface area contributed by atoms with Gasteiger partial charge in [0.25, 0.3) is 0 Å². The molecule has 0 aromatic heterocycles. The molecular formula is C13H22N2O5. The zero-order valence-corrected chi connectivity index (χ0v) is 11.7. The number of urea groups is 1. The zero-order valence-electron chi connectivity index (χ0n) is 11.7. The molecule has 7 nitrogen and oxygen atoms in total. The molecule has 0 spiro atoms. The highest BCUT2D eigenvalue weighted by Gasteiger charge is 2.28. The van der Waals surface area contributed by atoms with Crippen molar-refractivity contribution < 1.29 is 24.6 Å². The Morgan fingerprint density at radius 2 is 1.80 bits per heavy atom. The molecule has 0 saturated heterocycles. The van der Waals surface area contributed by atoms with Crippen molar-refractivity contribution in [3.05, 3.63) is 0 Å². The third-order valence-corrected chi connectivity index (χ3v) is 3.59. The smallest absolute Gasteiger partial charge is 0.326 e. The first kappa shape index (κ1) is 16.3. The molecule has 0 aliphatic heterocycles. The molecule has 1 saturated carbocycles. The van der Waals surface area contributed by atoms with E-state index in [4.69, 9.17) is 10.2 Å². The van der Waals surface area contributed by atoms with Crippen molar-refractivity contribution in [2.24, 2.45) is 0 Å². The lowest BCUT2D eigenvalue weighted by atomic mass is 9.94. The Kier molecular flexibility index (Phi) is 6.27. The lowest BCUT2D eigenvalue weighted by Gasteiger charge is -2.34. The number of nitrogens with one attached hydrogen (secondary N) is 1. The average Bonchev–Trinajstić information content (AvgIpc) is 2.39. The summed E-state index contributed by atoms with van der Waals surface area (Å²) >= 11 is 0. The van der Waals surface area contributed by atoms with E-state index >= 15 is 0 Å². The molecule has 20 heavy (non-hydrogen) atoms. The summed E-state index contributed by atoms with van der Waals surface area (Å²) in [6, 6.07) is -1.77. The van der Waals surface area contributed by atoms with Crippen molar-refractivity contribution in [3.8, 4) is 0 Å². The van der Waals surface area contributed by atoms with Crippen LogP contribution in [0.2, 0.25) is 0 Å². The van der Waals surface area contributed by atoms with Crippen LogP contribution in [0.15, 0.2) is 0 Å². The molecule has 0 heterocycles. The highest BCUT2D eigenvalue weighted by Crippen LogP contribution is 2.22. The molecular weight excluding hydrogens is 264 g/mol. The molecule has 2 amide bonds. The highest BCUT2D eigenvalue weighted by molar-refractivity contribution is 5.86. The largest absolute Gasteiger partial charge is 0.481 e. The molecule has 7 heteroatoms. The van der Waals surface area contributed by atoms with Crippen LogP contribution in [0.1, 0.15) is 45.4 Å². The summed E-state index contributed by atoms with van der Waals surface area (Å²) in [6.07, 6.45) is 4.49. The van der Waals surface area contributed by atoms with Crippen LogP contribution < -0.4 is 5.32 Å². The number of aliphatic carboxylic acids is 2. The van der Waals surface area contributed by atoms with E-state index in [-0.39, 0.29) is 6.04 Å².